The minimum atomic E-state index is -0.345. The van der Waals surface area contributed by atoms with E-state index in [-0.39, 0.29) is 30.0 Å². The summed E-state index contributed by atoms with van der Waals surface area (Å²) in [4.78, 5) is 3.43. The molecule has 0 radical (unpaired) electrons. The van der Waals surface area contributed by atoms with Gasteiger partial charge in [0.05, 0.1) is 6.04 Å². The zero-order valence-electron chi connectivity index (χ0n) is 11.5. The Labute approximate surface area is 133 Å². The fourth-order valence-electron chi connectivity index (χ4n) is 2.65. The molecule has 1 fully saturated rings. The Kier molecular flexibility index (Phi) is 5.58. The largest absolute Gasteiger partial charge is 0.508 e. The summed E-state index contributed by atoms with van der Waals surface area (Å²) in [6, 6.07) is 8.41. The highest BCUT2D eigenvalue weighted by atomic mass is 35.5. The molecule has 0 aliphatic carbocycles. The lowest BCUT2D eigenvalue weighted by Crippen LogP contribution is -2.45. The van der Waals surface area contributed by atoms with Crippen molar-refractivity contribution in [3.05, 3.63) is 52.0 Å². The number of aromatic hydroxyl groups is 1. The van der Waals surface area contributed by atoms with Gasteiger partial charge in [-0.15, -0.1) is 23.7 Å². The molecular formula is C15H18ClFN2OS. The third-order valence-electron chi connectivity index (χ3n) is 3.61. The van der Waals surface area contributed by atoms with Crippen molar-refractivity contribution in [2.24, 2.45) is 0 Å². The van der Waals surface area contributed by atoms with E-state index in [1.54, 1.807) is 23.5 Å². The van der Waals surface area contributed by atoms with E-state index in [0.717, 1.165) is 31.1 Å². The third-order valence-corrected chi connectivity index (χ3v) is 4.53. The summed E-state index contributed by atoms with van der Waals surface area (Å²) in [6.45, 7) is 3.62. The average Bonchev–Trinajstić information content (AvgIpc) is 2.97. The van der Waals surface area contributed by atoms with Crippen LogP contribution in [0, 0.1) is 5.82 Å². The number of hydrogen-bond donors (Lipinski definition) is 2. The topological polar surface area (TPSA) is 35.5 Å². The number of hydrogen-bond acceptors (Lipinski definition) is 4. The Morgan fingerprint density at radius 2 is 2.00 bits per heavy atom. The number of nitrogens with zero attached hydrogens (tertiary/aromatic N) is 1. The second-order valence-corrected chi connectivity index (χ2v) is 5.89. The van der Waals surface area contributed by atoms with Crippen LogP contribution >= 0.6 is 23.7 Å². The minimum absolute atomic E-state index is 0. The van der Waals surface area contributed by atoms with Crippen LogP contribution in [-0.4, -0.2) is 36.2 Å². The van der Waals surface area contributed by atoms with Crippen LogP contribution in [0.1, 0.15) is 16.5 Å². The number of phenolic OH excluding ortho intramolecular Hbond substituents is 1. The van der Waals surface area contributed by atoms with Gasteiger partial charge < -0.3 is 10.4 Å². The number of rotatable bonds is 3. The normalized spacial score (nSPS) is 17.2. The van der Waals surface area contributed by atoms with E-state index in [1.165, 1.54) is 6.07 Å². The van der Waals surface area contributed by atoms with Crippen molar-refractivity contribution in [1.82, 2.24) is 10.2 Å². The highest BCUT2D eigenvalue weighted by Crippen LogP contribution is 2.34. The zero-order valence-corrected chi connectivity index (χ0v) is 13.1. The maximum atomic E-state index is 14.2. The SMILES string of the molecule is Cl.Oc1ccc([C@H](c2cccs2)N2CCNCC2)c(F)c1. The number of phenols is 1. The summed E-state index contributed by atoms with van der Waals surface area (Å²) in [5.74, 6) is -0.376. The van der Waals surface area contributed by atoms with Crippen LogP contribution in [0.5, 0.6) is 5.75 Å². The Morgan fingerprint density at radius 1 is 1.24 bits per heavy atom. The summed E-state index contributed by atoms with van der Waals surface area (Å²) in [5, 5.41) is 14.7. The van der Waals surface area contributed by atoms with Crippen LogP contribution in [0.2, 0.25) is 0 Å². The maximum absolute atomic E-state index is 14.2. The van der Waals surface area contributed by atoms with Gasteiger partial charge in [-0.05, 0) is 17.5 Å². The number of thiophene rings is 1. The summed E-state index contributed by atoms with van der Waals surface area (Å²) in [6.07, 6.45) is 0. The molecule has 2 N–H and O–H groups in total. The summed E-state index contributed by atoms with van der Waals surface area (Å²) >= 11 is 1.64. The Morgan fingerprint density at radius 3 is 2.62 bits per heavy atom. The number of piperazine rings is 1. The van der Waals surface area contributed by atoms with Crippen LogP contribution < -0.4 is 5.32 Å². The van der Waals surface area contributed by atoms with E-state index in [9.17, 15) is 9.50 Å². The molecule has 0 unspecified atom stereocenters. The summed E-state index contributed by atoms with van der Waals surface area (Å²) in [7, 11) is 0. The monoisotopic (exact) mass is 328 g/mol. The minimum Gasteiger partial charge on any atom is -0.508 e. The second kappa shape index (κ2) is 7.22. The predicted molar refractivity (Wildman–Crippen MR) is 85.9 cm³/mol. The van der Waals surface area contributed by atoms with Gasteiger partial charge in [-0.3, -0.25) is 4.90 Å². The van der Waals surface area contributed by atoms with E-state index in [4.69, 9.17) is 0 Å². The first-order chi connectivity index (χ1) is 9.75. The molecule has 0 bridgehead atoms. The third kappa shape index (κ3) is 3.55. The molecule has 1 saturated heterocycles. The van der Waals surface area contributed by atoms with Gasteiger partial charge in [0.25, 0.3) is 0 Å². The standard InChI is InChI=1S/C15H17FN2OS.ClH/c16-13-10-11(19)3-4-12(13)15(14-2-1-9-20-14)18-7-5-17-6-8-18;/h1-4,9-10,15,17,19H,5-8H2;1H/t15-;/m1./s1. The van der Waals surface area contributed by atoms with Crippen molar-refractivity contribution >= 4 is 23.7 Å². The number of halogens is 2. The second-order valence-electron chi connectivity index (χ2n) is 4.91. The molecule has 0 spiro atoms. The van der Waals surface area contributed by atoms with Gasteiger partial charge >= 0.3 is 0 Å². The van der Waals surface area contributed by atoms with Gasteiger partial charge in [0, 0.05) is 42.7 Å². The quantitative estimate of drug-likeness (QED) is 0.909. The van der Waals surface area contributed by atoms with Crippen molar-refractivity contribution in [1.29, 1.82) is 0 Å². The molecule has 1 aliphatic rings. The van der Waals surface area contributed by atoms with Crippen molar-refractivity contribution in [3.63, 3.8) is 0 Å². The van der Waals surface area contributed by atoms with Gasteiger partial charge in [0.15, 0.2) is 0 Å². The maximum Gasteiger partial charge on any atom is 0.132 e. The molecule has 21 heavy (non-hydrogen) atoms. The van der Waals surface area contributed by atoms with Crippen molar-refractivity contribution in [2.75, 3.05) is 26.2 Å². The highest BCUT2D eigenvalue weighted by molar-refractivity contribution is 7.10. The molecular weight excluding hydrogens is 311 g/mol. The first-order valence-corrected chi connectivity index (χ1v) is 7.60. The first-order valence-electron chi connectivity index (χ1n) is 6.72. The van der Waals surface area contributed by atoms with Crippen LogP contribution in [0.15, 0.2) is 35.7 Å². The molecule has 0 saturated carbocycles. The highest BCUT2D eigenvalue weighted by Gasteiger charge is 2.27. The van der Waals surface area contributed by atoms with Crippen molar-refractivity contribution in [3.8, 4) is 5.75 Å². The van der Waals surface area contributed by atoms with Crippen molar-refractivity contribution < 1.29 is 9.50 Å². The molecule has 1 atom stereocenters. The zero-order chi connectivity index (χ0) is 13.9. The molecule has 1 aromatic carbocycles. The fraction of sp³-hybridized carbons (Fsp3) is 0.333. The van der Waals surface area contributed by atoms with Gasteiger partial charge in [-0.25, -0.2) is 4.39 Å². The fourth-order valence-corrected chi connectivity index (χ4v) is 3.53. The van der Waals surface area contributed by atoms with Gasteiger partial charge in [-0.1, -0.05) is 12.1 Å². The summed E-state index contributed by atoms with van der Waals surface area (Å²) in [5.41, 5.74) is 0.632. The van der Waals surface area contributed by atoms with Gasteiger partial charge in [-0.2, -0.15) is 0 Å². The predicted octanol–water partition coefficient (Wildman–Crippen LogP) is 3.01. The van der Waals surface area contributed by atoms with E-state index < -0.39 is 0 Å². The molecule has 3 rings (SSSR count). The van der Waals surface area contributed by atoms with Crippen molar-refractivity contribution in [2.45, 2.75) is 6.04 Å². The lowest BCUT2D eigenvalue weighted by atomic mass is 10.0. The Balaban J connectivity index is 0.00000161. The summed E-state index contributed by atoms with van der Waals surface area (Å²) < 4.78 is 14.2. The molecule has 114 valence electrons. The lowest BCUT2D eigenvalue weighted by molar-refractivity contribution is 0.197. The molecule has 1 aromatic heterocycles. The van der Waals surface area contributed by atoms with Crippen LogP contribution in [0.4, 0.5) is 4.39 Å². The van der Waals surface area contributed by atoms with Crippen LogP contribution in [0.25, 0.3) is 0 Å². The molecule has 6 heteroatoms. The molecule has 3 nitrogen and oxygen atoms in total. The molecule has 0 amide bonds. The van der Waals surface area contributed by atoms with E-state index in [1.807, 2.05) is 17.5 Å². The Bertz CT molecular complexity index is 573. The van der Waals surface area contributed by atoms with Crippen LogP contribution in [0.3, 0.4) is 0 Å². The van der Waals surface area contributed by atoms with Crippen LogP contribution in [-0.2, 0) is 0 Å². The van der Waals surface area contributed by atoms with E-state index in [0.29, 0.717) is 5.56 Å². The number of benzene rings is 1. The van der Waals surface area contributed by atoms with Gasteiger partial charge in [0.2, 0.25) is 0 Å². The Hall–Kier alpha value is -1.14. The molecule has 2 heterocycles. The van der Waals surface area contributed by atoms with Gasteiger partial charge in [0.1, 0.15) is 11.6 Å². The smallest absolute Gasteiger partial charge is 0.132 e. The molecule has 1 aliphatic heterocycles. The average molecular weight is 329 g/mol. The van der Waals surface area contributed by atoms with E-state index >= 15 is 0 Å². The molecule has 2 aromatic rings. The first kappa shape index (κ1) is 16.2. The number of nitrogens with one attached hydrogen (secondary N) is 1. The van der Waals surface area contributed by atoms with E-state index in [2.05, 4.69) is 10.2 Å². The lowest BCUT2D eigenvalue weighted by Gasteiger charge is -2.34.